The molecule has 2 fully saturated rings. The fraction of sp³-hybridized carbons (Fsp3) is 1.00. The van der Waals surface area contributed by atoms with Crippen LogP contribution in [0.25, 0.3) is 0 Å². The van der Waals surface area contributed by atoms with Crippen molar-refractivity contribution in [2.75, 3.05) is 39.3 Å². The first-order valence-corrected chi connectivity index (χ1v) is 7.50. The number of hydrogen-bond acceptors (Lipinski definition) is 3. The van der Waals surface area contributed by atoms with Gasteiger partial charge in [0.2, 0.25) is 0 Å². The fourth-order valence-corrected chi connectivity index (χ4v) is 3.35. The van der Waals surface area contributed by atoms with Gasteiger partial charge in [-0.05, 0) is 45.7 Å². The van der Waals surface area contributed by atoms with Gasteiger partial charge < -0.3 is 10.2 Å². The molecule has 2 saturated heterocycles. The van der Waals surface area contributed by atoms with Crippen LogP contribution in [0.2, 0.25) is 0 Å². The molecule has 2 aliphatic heterocycles. The lowest BCUT2D eigenvalue weighted by atomic mass is 10.1. The fourth-order valence-electron chi connectivity index (χ4n) is 3.35. The maximum atomic E-state index is 3.48. The minimum atomic E-state index is 0.810. The van der Waals surface area contributed by atoms with Crippen LogP contribution in [0.1, 0.15) is 39.5 Å². The molecule has 0 bridgehead atoms. The van der Waals surface area contributed by atoms with Gasteiger partial charge in [-0.2, -0.15) is 0 Å². The van der Waals surface area contributed by atoms with Crippen molar-refractivity contribution in [1.29, 1.82) is 0 Å². The Morgan fingerprint density at radius 3 is 2.82 bits per heavy atom. The largest absolute Gasteiger partial charge is 0.315 e. The quantitative estimate of drug-likeness (QED) is 0.803. The van der Waals surface area contributed by atoms with E-state index in [2.05, 4.69) is 29.0 Å². The van der Waals surface area contributed by atoms with E-state index < -0.39 is 0 Å². The third-order valence-corrected chi connectivity index (χ3v) is 4.53. The molecular weight excluding hydrogens is 210 g/mol. The lowest BCUT2D eigenvalue weighted by Crippen LogP contribution is -2.41. The predicted molar refractivity (Wildman–Crippen MR) is 73.4 cm³/mol. The molecule has 0 amide bonds. The standard InChI is InChI=1S/C14H29N3/c1-3-14-6-5-13(2)17(14)12-11-16-9-4-7-15-8-10-16/h13-15H,3-12H2,1-2H3. The topological polar surface area (TPSA) is 18.5 Å². The Kier molecular flexibility index (Phi) is 5.26. The van der Waals surface area contributed by atoms with Crippen LogP contribution in [-0.4, -0.2) is 61.2 Å². The van der Waals surface area contributed by atoms with Gasteiger partial charge in [0, 0.05) is 38.3 Å². The van der Waals surface area contributed by atoms with E-state index in [0.717, 1.165) is 12.1 Å². The van der Waals surface area contributed by atoms with Crippen molar-refractivity contribution in [3.8, 4) is 0 Å². The summed E-state index contributed by atoms with van der Waals surface area (Å²) in [5.74, 6) is 0. The van der Waals surface area contributed by atoms with Crippen molar-refractivity contribution in [2.45, 2.75) is 51.6 Å². The SMILES string of the molecule is CCC1CCC(C)N1CCN1CCCNCC1. The molecule has 2 unspecified atom stereocenters. The summed E-state index contributed by atoms with van der Waals surface area (Å²) in [6, 6.07) is 1.67. The number of likely N-dealkylation sites (tertiary alicyclic amines) is 1. The van der Waals surface area contributed by atoms with E-state index in [0.29, 0.717) is 0 Å². The minimum Gasteiger partial charge on any atom is -0.315 e. The van der Waals surface area contributed by atoms with Crippen molar-refractivity contribution < 1.29 is 0 Å². The van der Waals surface area contributed by atoms with Gasteiger partial charge in [0.25, 0.3) is 0 Å². The average Bonchev–Trinajstić information content (AvgIpc) is 2.56. The maximum Gasteiger partial charge on any atom is 0.0115 e. The van der Waals surface area contributed by atoms with Crippen LogP contribution in [-0.2, 0) is 0 Å². The van der Waals surface area contributed by atoms with Crippen LogP contribution in [0, 0.1) is 0 Å². The van der Waals surface area contributed by atoms with E-state index in [4.69, 9.17) is 0 Å². The molecule has 2 rings (SSSR count). The first kappa shape index (κ1) is 13.3. The van der Waals surface area contributed by atoms with Crippen LogP contribution in [0.4, 0.5) is 0 Å². The highest BCUT2D eigenvalue weighted by atomic mass is 15.2. The first-order chi connectivity index (χ1) is 8.31. The molecule has 2 atom stereocenters. The van der Waals surface area contributed by atoms with Crippen molar-refractivity contribution in [2.24, 2.45) is 0 Å². The molecule has 0 radical (unpaired) electrons. The number of rotatable bonds is 4. The molecule has 17 heavy (non-hydrogen) atoms. The number of nitrogens with zero attached hydrogens (tertiary/aromatic N) is 2. The molecule has 1 N–H and O–H groups in total. The van der Waals surface area contributed by atoms with Crippen LogP contribution >= 0.6 is 0 Å². The van der Waals surface area contributed by atoms with Gasteiger partial charge in [-0.3, -0.25) is 4.90 Å². The highest BCUT2D eigenvalue weighted by Gasteiger charge is 2.28. The molecule has 2 aliphatic rings. The molecule has 0 aliphatic carbocycles. The summed E-state index contributed by atoms with van der Waals surface area (Å²) in [5, 5.41) is 3.48. The third-order valence-electron chi connectivity index (χ3n) is 4.53. The molecule has 0 aromatic rings. The Bertz CT molecular complexity index is 212. The van der Waals surface area contributed by atoms with Gasteiger partial charge in [0.15, 0.2) is 0 Å². The second kappa shape index (κ2) is 6.72. The molecule has 2 heterocycles. The summed E-state index contributed by atoms with van der Waals surface area (Å²) in [5.41, 5.74) is 0. The van der Waals surface area contributed by atoms with Gasteiger partial charge in [-0.1, -0.05) is 6.92 Å². The van der Waals surface area contributed by atoms with Crippen LogP contribution in [0.5, 0.6) is 0 Å². The van der Waals surface area contributed by atoms with Crippen molar-refractivity contribution in [3.63, 3.8) is 0 Å². The normalized spacial score (nSPS) is 32.8. The molecule has 0 saturated carbocycles. The summed E-state index contributed by atoms with van der Waals surface area (Å²) >= 11 is 0. The Hall–Kier alpha value is -0.120. The van der Waals surface area contributed by atoms with E-state index in [1.54, 1.807) is 0 Å². The smallest absolute Gasteiger partial charge is 0.0115 e. The highest BCUT2D eigenvalue weighted by Crippen LogP contribution is 2.25. The summed E-state index contributed by atoms with van der Waals surface area (Å²) in [6.07, 6.45) is 5.46. The van der Waals surface area contributed by atoms with E-state index >= 15 is 0 Å². The Balaban J connectivity index is 1.75. The Labute approximate surface area is 107 Å². The third kappa shape index (κ3) is 3.67. The van der Waals surface area contributed by atoms with E-state index in [9.17, 15) is 0 Å². The summed E-state index contributed by atoms with van der Waals surface area (Å²) in [4.78, 5) is 5.38. The molecule has 100 valence electrons. The van der Waals surface area contributed by atoms with Gasteiger partial charge in [0.05, 0.1) is 0 Å². The van der Waals surface area contributed by atoms with Crippen molar-refractivity contribution >= 4 is 0 Å². The zero-order valence-corrected chi connectivity index (χ0v) is 11.6. The maximum absolute atomic E-state index is 3.48. The van der Waals surface area contributed by atoms with Gasteiger partial charge in [0.1, 0.15) is 0 Å². The van der Waals surface area contributed by atoms with Crippen LogP contribution < -0.4 is 5.32 Å². The van der Waals surface area contributed by atoms with Crippen molar-refractivity contribution in [1.82, 2.24) is 15.1 Å². The Morgan fingerprint density at radius 1 is 1.12 bits per heavy atom. The predicted octanol–water partition coefficient (Wildman–Crippen LogP) is 1.54. The summed E-state index contributed by atoms with van der Waals surface area (Å²) < 4.78 is 0. The minimum absolute atomic E-state index is 0.810. The molecule has 3 nitrogen and oxygen atoms in total. The highest BCUT2D eigenvalue weighted by molar-refractivity contribution is 4.85. The van der Waals surface area contributed by atoms with E-state index in [1.165, 1.54) is 65.0 Å². The molecule has 3 heteroatoms. The molecule has 0 aromatic carbocycles. The summed E-state index contributed by atoms with van der Waals surface area (Å²) in [7, 11) is 0. The lowest BCUT2D eigenvalue weighted by molar-refractivity contribution is 0.163. The summed E-state index contributed by atoms with van der Waals surface area (Å²) in [6.45, 7) is 12.2. The van der Waals surface area contributed by atoms with Crippen molar-refractivity contribution in [3.05, 3.63) is 0 Å². The van der Waals surface area contributed by atoms with Crippen LogP contribution in [0.15, 0.2) is 0 Å². The zero-order valence-electron chi connectivity index (χ0n) is 11.6. The lowest BCUT2D eigenvalue weighted by Gasteiger charge is -2.30. The van der Waals surface area contributed by atoms with E-state index in [1.807, 2.05) is 0 Å². The monoisotopic (exact) mass is 239 g/mol. The number of hydrogen-bond donors (Lipinski definition) is 1. The zero-order chi connectivity index (χ0) is 12.1. The average molecular weight is 239 g/mol. The van der Waals surface area contributed by atoms with Gasteiger partial charge in [-0.25, -0.2) is 0 Å². The van der Waals surface area contributed by atoms with E-state index in [-0.39, 0.29) is 0 Å². The van der Waals surface area contributed by atoms with Gasteiger partial charge in [-0.15, -0.1) is 0 Å². The molecule has 0 spiro atoms. The second-order valence-corrected chi connectivity index (χ2v) is 5.67. The second-order valence-electron chi connectivity index (χ2n) is 5.67. The van der Waals surface area contributed by atoms with Crippen LogP contribution in [0.3, 0.4) is 0 Å². The van der Waals surface area contributed by atoms with Gasteiger partial charge >= 0.3 is 0 Å². The number of nitrogens with one attached hydrogen (secondary N) is 1. The molecule has 0 aromatic heterocycles. The molecular formula is C14H29N3. The Morgan fingerprint density at radius 2 is 2.00 bits per heavy atom. The first-order valence-electron chi connectivity index (χ1n) is 7.50.